The summed E-state index contributed by atoms with van der Waals surface area (Å²) in [6, 6.07) is 7.04. The van der Waals surface area contributed by atoms with Crippen molar-refractivity contribution in [1.29, 1.82) is 0 Å². The van der Waals surface area contributed by atoms with Gasteiger partial charge >= 0.3 is 6.03 Å². The number of nitrogens with zero attached hydrogens (tertiary/aromatic N) is 2. The van der Waals surface area contributed by atoms with Crippen molar-refractivity contribution in [1.82, 2.24) is 14.9 Å². The molecule has 0 radical (unpaired) electrons. The molecule has 0 aliphatic heterocycles. The number of rotatable bonds is 5. The number of nitrogens with one attached hydrogen (secondary N) is 2. The number of amides is 2. The van der Waals surface area contributed by atoms with Crippen molar-refractivity contribution in [2.45, 2.75) is 19.8 Å². The lowest BCUT2D eigenvalue weighted by molar-refractivity contribution is 0.0960. The number of unbranched alkanes of at least 4 members (excludes halogenated alkanes) is 1. The molecule has 0 bridgehead atoms. The summed E-state index contributed by atoms with van der Waals surface area (Å²) >= 11 is 3.33. The summed E-state index contributed by atoms with van der Waals surface area (Å²) in [5.41, 5.74) is 0.614. The van der Waals surface area contributed by atoms with Crippen LogP contribution < -0.4 is 10.6 Å². The predicted molar refractivity (Wildman–Crippen MR) is 105 cm³/mol. The van der Waals surface area contributed by atoms with Gasteiger partial charge in [0, 0.05) is 34.5 Å². The summed E-state index contributed by atoms with van der Waals surface area (Å²) in [7, 11) is 0. The Bertz CT molecular complexity index is 1000. The first-order chi connectivity index (χ1) is 13.0. The van der Waals surface area contributed by atoms with E-state index in [9.17, 15) is 14.0 Å². The summed E-state index contributed by atoms with van der Waals surface area (Å²) in [5, 5.41) is 6.07. The van der Waals surface area contributed by atoms with E-state index in [-0.39, 0.29) is 5.56 Å². The Morgan fingerprint density at radius 1 is 1.26 bits per heavy atom. The molecule has 6 nitrogen and oxygen atoms in total. The number of urea groups is 1. The Hall–Kier alpha value is -2.74. The van der Waals surface area contributed by atoms with Gasteiger partial charge in [-0.05, 0) is 52.7 Å². The summed E-state index contributed by atoms with van der Waals surface area (Å²) in [6.45, 7) is 2.57. The molecule has 0 saturated heterocycles. The zero-order valence-corrected chi connectivity index (χ0v) is 16.2. The third-order valence-electron chi connectivity index (χ3n) is 3.98. The normalized spacial score (nSPS) is 10.8. The molecule has 1 aromatic carbocycles. The fourth-order valence-electron chi connectivity index (χ4n) is 2.61. The second-order valence-corrected chi connectivity index (χ2v) is 6.90. The highest BCUT2D eigenvalue weighted by molar-refractivity contribution is 9.10. The van der Waals surface area contributed by atoms with E-state index in [2.05, 4.69) is 31.5 Å². The molecule has 0 saturated carbocycles. The minimum Gasteiger partial charge on any atom is -0.338 e. The average molecular weight is 433 g/mol. The number of carbonyl (C=O) groups excluding carboxylic acids is 2. The molecule has 0 spiro atoms. The van der Waals surface area contributed by atoms with Gasteiger partial charge in [0.2, 0.25) is 0 Å². The molecule has 0 aliphatic carbocycles. The van der Waals surface area contributed by atoms with E-state index in [1.165, 1.54) is 16.7 Å². The third kappa shape index (κ3) is 4.33. The number of pyridine rings is 1. The van der Waals surface area contributed by atoms with E-state index in [0.29, 0.717) is 17.9 Å². The monoisotopic (exact) mass is 432 g/mol. The summed E-state index contributed by atoms with van der Waals surface area (Å²) in [5.74, 6) is -1.23. The van der Waals surface area contributed by atoms with Crippen LogP contribution in [0.5, 0.6) is 0 Å². The van der Waals surface area contributed by atoms with Crippen LogP contribution in [0.25, 0.3) is 11.0 Å². The first-order valence-electron chi connectivity index (χ1n) is 8.51. The molecule has 2 heterocycles. The highest BCUT2D eigenvalue weighted by atomic mass is 79.9. The molecule has 0 fully saturated rings. The summed E-state index contributed by atoms with van der Waals surface area (Å²) in [4.78, 5) is 28.9. The molecule has 2 aromatic heterocycles. The molecule has 3 aromatic rings. The first kappa shape index (κ1) is 19.0. The fourth-order valence-corrected chi connectivity index (χ4v) is 2.96. The van der Waals surface area contributed by atoms with Gasteiger partial charge in [0.25, 0.3) is 5.91 Å². The third-order valence-corrected chi connectivity index (χ3v) is 4.42. The van der Waals surface area contributed by atoms with Crippen molar-refractivity contribution in [3.8, 4) is 0 Å². The number of hydrogen-bond acceptors (Lipinski definition) is 3. The molecular formula is C19H18BrFN4O2. The van der Waals surface area contributed by atoms with Crippen LogP contribution in [0.1, 0.15) is 30.1 Å². The minimum absolute atomic E-state index is 0.149. The van der Waals surface area contributed by atoms with Gasteiger partial charge in [-0.2, -0.15) is 0 Å². The Morgan fingerprint density at radius 3 is 2.85 bits per heavy atom. The predicted octanol–water partition coefficient (Wildman–Crippen LogP) is 4.55. The van der Waals surface area contributed by atoms with Gasteiger partial charge in [-0.15, -0.1) is 0 Å². The standard InChI is InChI=1S/C19H18BrFN4O2/c1-2-3-7-22-19(27)24-14-4-5-16(21)15(10-14)18(26)25-8-6-12-9-13(20)11-23-17(12)25/h4-6,8-11H,2-3,7H2,1H3,(H2,22,24,27). The van der Waals surface area contributed by atoms with Gasteiger partial charge in [-0.3, -0.25) is 9.36 Å². The molecule has 2 N–H and O–H groups in total. The highest BCUT2D eigenvalue weighted by Crippen LogP contribution is 2.21. The number of anilines is 1. The smallest absolute Gasteiger partial charge is 0.319 e. The summed E-state index contributed by atoms with van der Waals surface area (Å²) < 4.78 is 16.3. The second-order valence-electron chi connectivity index (χ2n) is 5.99. The molecule has 0 unspecified atom stereocenters. The van der Waals surface area contributed by atoms with Crippen LogP contribution in [0.15, 0.2) is 47.2 Å². The molecule has 8 heteroatoms. The highest BCUT2D eigenvalue weighted by Gasteiger charge is 2.18. The maximum absolute atomic E-state index is 14.3. The number of aromatic nitrogens is 2. The Balaban J connectivity index is 1.85. The van der Waals surface area contributed by atoms with E-state index in [1.807, 2.05) is 13.0 Å². The first-order valence-corrected chi connectivity index (χ1v) is 9.30. The van der Waals surface area contributed by atoms with Crippen LogP contribution in [0.2, 0.25) is 0 Å². The van der Waals surface area contributed by atoms with Gasteiger partial charge in [0.05, 0.1) is 5.56 Å². The lowest BCUT2D eigenvalue weighted by Gasteiger charge is -2.10. The van der Waals surface area contributed by atoms with Gasteiger partial charge in [0.15, 0.2) is 0 Å². The average Bonchev–Trinajstić information content (AvgIpc) is 3.06. The number of hydrogen-bond donors (Lipinski definition) is 2. The van der Waals surface area contributed by atoms with E-state index >= 15 is 0 Å². The second kappa shape index (κ2) is 8.30. The molecule has 27 heavy (non-hydrogen) atoms. The number of benzene rings is 1. The van der Waals surface area contributed by atoms with E-state index in [1.54, 1.807) is 18.5 Å². The maximum Gasteiger partial charge on any atom is 0.319 e. The van der Waals surface area contributed by atoms with Gasteiger partial charge in [-0.25, -0.2) is 14.2 Å². The van der Waals surface area contributed by atoms with Crippen molar-refractivity contribution in [2.24, 2.45) is 0 Å². The topological polar surface area (TPSA) is 76.0 Å². The Kier molecular flexibility index (Phi) is 5.85. The Morgan fingerprint density at radius 2 is 2.07 bits per heavy atom. The van der Waals surface area contributed by atoms with Crippen LogP contribution in [0, 0.1) is 5.82 Å². The van der Waals surface area contributed by atoms with E-state index in [0.717, 1.165) is 28.8 Å². The minimum atomic E-state index is -0.670. The van der Waals surface area contributed by atoms with Crippen LogP contribution >= 0.6 is 15.9 Å². The van der Waals surface area contributed by atoms with Crippen molar-refractivity contribution in [2.75, 3.05) is 11.9 Å². The largest absolute Gasteiger partial charge is 0.338 e. The van der Waals surface area contributed by atoms with Crippen LogP contribution in [0.4, 0.5) is 14.9 Å². The fraction of sp³-hybridized carbons (Fsp3) is 0.211. The molecule has 0 atom stereocenters. The lowest BCUT2D eigenvalue weighted by Crippen LogP contribution is -2.29. The number of halogens is 2. The lowest BCUT2D eigenvalue weighted by atomic mass is 10.1. The molecule has 2 amide bonds. The van der Waals surface area contributed by atoms with Crippen molar-refractivity contribution < 1.29 is 14.0 Å². The number of fused-ring (bicyclic) bond motifs is 1. The van der Waals surface area contributed by atoms with E-state index < -0.39 is 17.8 Å². The molecule has 140 valence electrons. The van der Waals surface area contributed by atoms with Crippen LogP contribution in [-0.4, -0.2) is 28.0 Å². The van der Waals surface area contributed by atoms with Crippen molar-refractivity contribution in [3.63, 3.8) is 0 Å². The van der Waals surface area contributed by atoms with Gasteiger partial charge in [-0.1, -0.05) is 13.3 Å². The van der Waals surface area contributed by atoms with E-state index in [4.69, 9.17) is 0 Å². The van der Waals surface area contributed by atoms with Crippen LogP contribution in [0.3, 0.4) is 0 Å². The number of carbonyl (C=O) groups is 2. The quantitative estimate of drug-likeness (QED) is 0.580. The summed E-state index contributed by atoms with van der Waals surface area (Å²) in [6.07, 6.45) is 4.94. The van der Waals surface area contributed by atoms with Gasteiger partial charge in [0.1, 0.15) is 11.5 Å². The molecule has 3 rings (SSSR count). The molecule has 0 aliphatic rings. The zero-order chi connectivity index (χ0) is 19.4. The zero-order valence-electron chi connectivity index (χ0n) is 14.6. The maximum atomic E-state index is 14.3. The van der Waals surface area contributed by atoms with Gasteiger partial charge < -0.3 is 10.6 Å². The SMILES string of the molecule is CCCCNC(=O)Nc1ccc(F)c(C(=O)n2ccc3cc(Br)cnc32)c1. The molecular weight excluding hydrogens is 415 g/mol. The van der Waals surface area contributed by atoms with Crippen LogP contribution in [-0.2, 0) is 0 Å². The van der Waals surface area contributed by atoms with Crippen molar-refractivity contribution >= 4 is 44.6 Å². The Labute approximate surface area is 163 Å². The van der Waals surface area contributed by atoms with Crippen molar-refractivity contribution in [3.05, 3.63) is 58.6 Å².